The van der Waals surface area contributed by atoms with Crippen molar-refractivity contribution in [1.82, 2.24) is 0 Å². The van der Waals surface area contributed by atoms with Crippen molar-refractivity contribution in [3.05, 3.63) is 0 Å². The Morgan fingerprint density at radius 3 is 2.24 bits per heavy atom. The molecule has 0 aromatic carbocycles. The fourth-order valence-corrected chi connectivity index (χ4v) is 2.25. The lowest BCUT2D eigenvalue weighted by Crippen LogP contribution is -2.67. The second-order valence-electron chi connectivity index (χ2n) is 4.22. The monoisotopic (exact) mass is 250 g/mol. The normalized spacial score (nSPS) is 42.7. The van der Waals surface area contributed by atoms with Gasteiger partial charge in [0.2, 0.25) is 0 Å². The number of rotatable bonds is 5. The van der Waals surface area contributed by atoms with Gasteiger partial charge in [0.1, 0.15) is 23.9 Å². The first-order valence-corrected chi connectivity index (χ1v) is 5.48. The molecule has 1 rings (SSSR count). The number of aliphatic hydroxyl groups is 1. The lowest BCUT2D eigenvalue weighted by molar-refractivity contribution is -0.330. The Bertz CT molecular complexity index is 236. The Balaban J connectivity index is 2.98. The van der Waals surface area contributed by atoms with Crippen molar-refractivity contribution >= 4 is 0 Å². The van der Waals surface area contributed by atoms with Gasteiger partial charge in [-0.2, -0.15) is 0 Å². The van der Waals surface area contributed by atoms with Crippen LogP contribution in [0.15, 0.2) is 0 Å². The summed E-state index contributed by atoms with van der Waals surface area (Å²) >= 11 is 0. The van der Waals surface area contributed by atoms with Gasteiger partial charge in [-0.05, 0) is 6.92 Å². The Labute approximate surface area is 102 Å². The highest BCUT2D eigenvalue weighted by Crippen LogP contribution is 2.34. The van der Waals surface area contributed by atoms with Crippen molar-refractivity contribution in [1.29, 1.82) is 0 Å². The van der Waals surface area contributed by atoms with Gasteiger partial charge in [-0.3, -0.25) is 0 Å². The summed E-state index contributed by atoms with van der Waals surface area (Å²) in [6, 6.07) is 0. The maximum absolute atomic E-state index is 9.86. The smallest absolute Gasteiger partial charge is 0.184 e. The highest BCUT2D eigenvalue weighted by molar-refractivity contribution is 5.01. The molecular weight excluding hydrogens is 228 g/mol. The van der Waals surface area contributed by atoms with Crippen LogP contribution in [0.4, 0.5) is 0 Å². The van der Waals surface area contributed by atoms with Crippen LogP contribution in [0.3, 0.4) is 0 Å². The molecule has 1 fully saturated rings. The Morgan fingerprint density at radius 1 is 1.18 bits per heavy atom. The van der Waals surface area contributed by atoms with Gasteiger partial charge < -0.3 is 28.8 Å². The number of hydrogen-bond acceptors (Lipinski definition) is 6. The molecule has 0 aromatic rings. The van der Waals surface area contributed by atoms with E-state index in [2.05, 4.69) is 0 Å². The van der Waals surface area contributed by atoms with Crippen LogP contribution in [-0.2, 0) is 23.7 Å². The molecular formula is C11H22O6. The van der Waals surface area contributed by atoms with E-state index in [1.807, 2.05) is 6.92 Å². The summed E-state index contributed by atoms with van der Waals surface area (Å²) < 4.78 is 26.7. The molecule has 1 N–H and O–H groups in total. The molecule has 0 amide bonds. The summed E-state index contributed by atoms with van der Waals surface area (Å²) in [6.07, 6.45) is -2.53. The minimum atomic E-state index is -1.06. The van der Waals surface area contributed by atoms with Gasteiger partial charge in [0, 0.05) is 28.4 Å². The molecule has 0 radical (unpaired) electrons. The molecule has 0 aromatic heterocycles. The van der Waals surface area contributed by atoms with E-state index in [9.17, 15) is 5.11 Å². The second-order valence-corrected chi connectivity index (χ2v) is 4.22. The van der Waals surface area contributed by atoms with E-state index < -0.39 is 30.2 Å². The maximum atomic E-state index is 9.86. The number of ether oxygens (including phenoxy) is 5. The number of aliphatic hydroxyl groups excluding tert-OH is 1. The molecule has 0 aliphatic carbocycles. The third kappa shape index (κ3) is 2.62. The van der Waals surface area contributed by atoms with Crippen molar-refractivity contribution in [3.63, 3.8) is 0 Å². The maximum Gasteiger partial charge on any atom is 0.184 e. The topological polar surface area (TPSA) is 66.4 Å². The number of methoxy groups -OCH3 is 4. The fraction of sp³-hybridized carbons (Fsp3) is 1.00. The van der Waals surface area contributed by atoms with Gasteiger partial charge in [0.25, 0.3) is 0 Å². The van der Waals surface area contributed by atoms with Gasteiger partial charge >= 0.3 is 0 Å². The van der Waals surface area contributed by atoms with Crippen LogP contribution in [0.25, 0.3) is 0 Å². The average Bonchev–Trinajstić information content (AvgIpc) is 2.33. The van der Waals surface area contributed by atoms with Crippen LogP contribution in [-0.4, -0.2) is 70.4 Å². The Hall–Kier alpha value is -0.240. The molecule has 0 bridgehead atoms. The molecule has 0 spiro atoms. The largest absolute Gasteiger partial charge is 0.382 e. The highest BCUT2D eigenvalue weighted by atomic mass is 16.7. The van der Waals surface area contributed by atoms with E-state index in [1.165, 1.54) is 7.11 Å². The molecule has 0 unspecified atom stereocenters. The standard InChI is InChI=1S/C11H22O6/c1-11(16-5)7(6-13-2)17-10(12)8(14-3)9(11)15-4/h7-10,12H,6H2,1-5H3/t7-,8+,9-,10+,11-/m1/s1. The minimum Gasteiger partial charge on any atom is -0.382 e. The van der Waals surface area contributed by atoms with Crippen molar-refractivity contribution in [2.24, 2.45) is 0 Å². The van der Waals surface area contributed by atoms with Gasteiger partial charge in [0.05, 0.1) is 6.61 Å². The highest BCUT2D eigenvalue weighted by Gasteiger charge is 2.54. The van der Waals surface area contributed by atoms with Crippen molar-refractivity contribution < 1.29 is 28.8 Å². The molecule has 1 heterocycles. The summed E-state index contributed by atoms with van der Waals surface area (Å²) in [7, 11) is 6.18. The molecule has 17 heavy (non-hydrogen) atoms. The van der Waals surface area contributed by atoms with Crippen LogP contribution in [0.1, 0.15) is 6.92 Å². The zero-order chi connectivity index (χ0) is 13.1. The van der Waals surface area contributed by atoms with E-state index in [0.717, 1.165) is 0 Å². The number of hydrogen-bond donors (Lipinski definition) is 1. The summed E-state index contributed by atoms with van der Waals surface area (Å²) in [5.74, 6) is 0. The molecule has 1 aliphatic rings. The Morgan fingerprint density at radius 2 is 1.82 bits per heavy atom. The van der Waals surface area contributed by atoms with E-state index in [-0.39, 0.29) is 0 Å². The first-order valence-electron chi connectivity index (χ1n) is 5.48. The van der Waals surface area contributed by atoms with E-state index in [0.29, 0.717) is 6.61 Å². The van der Waals surface area contributed by atoms with E-state index in [4.69, 9.17) is 23.7 Å². The van der Waals surface area contributed by atoms with Gasteiger partial charge in [-0.1, -0.05) is 0 Å². The van der Waals surface area contributed by atoms with Gasteiger partial charge in [0.15, 0.2) is 6.29 Å². The van der Waals surface area contributed by atoms with Gasteiger partial charge in [-0.15, -0.1) is 0 Å². The third-order valence-electron chi connectivity index (χ3n) is 3.37. The minimum absolute atomic E-state index is 0.303. The predicted octanol–water partition coefficient (Wildman–Crippen LogP) is -0.215. The van der Waals surface area contributed by atoms with Crippen LogP contribution >= 0.6 is 0 Å². The summed E-state index contributed by atoms with van der Waals surface area (Å²) in [5, 5.41) is 9.86. The Kier molecular flexibility index (Phi) is 5.30. The molecule has 6 nitrogen and oxygen atoms in total. The van der Waals surface area contributed by atoms with Crippen LogP contribution < -0.4 is 0 Å². The lowest BCUT2D eigenvalue weighted by Gasteiger charge is -2.49. The third-order valence-corrected chi connectivity index (χ3v) is 3.37. The molecule has 102 valence electrons. The second kappa shape index (κ2) is 6.08. The summed E-state index contributed by atoms with van der Waals surface area (Å²) in [4.78, 5) is 0. The predicted molar refractivity (Wildman–Crippen MR) is 59.8 cm³/mol. The first-order chi connectivity index (χ1) is 8.04. The zero-order valence-corrected chi connectivity index (χ0v) is 11.0. The van der Waals surface area contributed by atoms with Crippen molar-refractivity contribution in [2.75, 3.05) is 35.0 Å². The van der Waals surface area contributed by atoms with Crippen LogP contribution in [0, 0.1) is 0 Å². The molecule has 1 aliphatic heterocycles. The SMILES string of the molecule is COC[C@H]1O[C@H](O)[C@@H](OC)[C@@H](OC)[C@]1(C)OC. The van der Waals surface area contributed by atoms with Crippen molar-refractivity contribution in [2.45, 2.75) is 37.1 Å². The summed E-state index contributed by atoms with van der Waals surface area (Å²) in [6.45, 7) is 2.15. The molecule has 6 heteroatoms. The molecule has 1 saturated heterocycles. The van der Waals surface area contributed by atoms with Crippen LogP contribution in [0.2, 0.25) is 0 Å². The quantitative estimate of drug-likeness (QED) is 0.728. The summed E-state index contributed by atoms with van der Waals surface area (Å²) in [5.41, 5.74) is -0.745. The average molecular weight is 250 g/mol. The lowest BCUT2D eigenvalue weighted by atomic mass is 9.85. The van der Waals surface area contributed by atoms with Crippen molar-refractivity contribution in [3.8, 4) is 0 Å². The van der Waals surface area contributed by atoms with Crippen LogP contribution in [0.5, 0.6) is 0 Å². The first kappa shape index (κ1) is 14.8. The van der Waals surface area contributed by atoms with E-state index in [1.54, 1.807) is 21.3 Å². The zero-order valence-electron chi connectivity index (χ0n) is 11.0. The van der Waals surface area contributed by atoms with E-state index >= 15 is 0 Å². The fourth-order valence-electron chi connectivity index (χ4n) is 2.25. The molecule has 0 saturated carbocycles. The molecule has 5 atom stereocenters. The van der Waals surface area contributed by atoms with Gasteiger partial charge in [-0.25, -0.2) is 0 Å².